The molecular formula is C14H13BrFNO. The second-order valence-corrected chi connectivity index (χ2v) is 5.07. The second-order valence-electron chi connectivity index (χ2n) is 4.22. The molecule has 1 aromatic carbocycles. The van der Waals surface area contributed by atoms with Crippen LogP contribution in [0.2, 0.25) is 0 Å². The molecule has 0 saturated heterocycles. The van der Waals surface area contributed by atoms with Crippen molar-refractivity contribution >= 4 is 15.9 Å². The van der Waals surface area contributed by atoms with Gasteiger partial charge in [-0.1, -0.05) is 28.1 Å². The summed E-state index contributed by atoms with van der Waals surface area (Å²) in [7, 11) is 0. The second kappa shape index (κ2) is 5.59. The third-order valence-corrected chi connectivity index (χ3v) is 3.44. The van der Waals surface area contributed by atoms with Gasteiger partial charge in [-0.3, -0.25) is 4.98 Å². The molecule has 0 bridgehead atoms. The molecule has 2 rings (SSSR count). The van der Waals surface area contributed by atoms with Crippen LogP contribution in [0.3, 0.4) is 0 Å². The predicted octanol–water partition coefficient (Wildman–Crippen LogP) is 3.57. The first-order valence-corrected chi connectivity index (χ1v) is 6.40. The SMILES string of the molecule is Cc1ccc(C(O)Cc2ccc(F)cc2Br)nc1. The molecule has 94 valence electrons. The molecule has 0 radical (unpaired) electrons. The van der Waals surface area contributed by atoms with Gasteiger partial charge in [0.1, 0.15) is 5.82 Å². The van der Waals surface area contributed by atoms with Crippen LogP contribution in [0, 0.1) is 12.7 Å². The highest BCUT2D eigenvalue weighted by molar-refractivity contribution is 9.10. The summed E-state index contributed by atoms with van der Waals surface area (Å²) in [6.45, 7) is 1.94. The largest absolute Gasteiger partial charge is 0.386 e. The van der Waals surface area contributed by atoms with E-state index in [4.69, 9.17) is 0 Å². The molecule has 1 unspecified atom stereocenters. The van der Waals surface area contributed by atoms with Gasteiger partial charge in [0, 0.05) is 17.1 Å². The van der Waals surface area contributed by atoms with Gasteiger partial charge in [-0.2, -0.15) is 0 Å². The fourth-order valence-electron chi connectivity index (χ4n) is 1.68. The Morgan fingerprint density at radius 2 is 2.11 bits per heavy atom. The zero-order valence-corrected chi connectivity index (χ0v) is 11.5. The van der Waals surface area contributed by atoms with E-state index in [9.17, 15) is 9.50 Å². The average Bonchev–Trinajstić information content (AvgIpc) is 2.33. The van der Waals surface area contributed by atoms with Crippen LogP contribution in [-0.4, -0.2) is 10.1 Å². The molecule has 18 heavy (non-hydrogen) atoms. The monoisotopic (exact) mass is 309 g/mol. The van der Waals surface area contributed by atoms with Crippen LogP contribution in [-0.2, 0) is 6.42 Å². The molecular weight excluding hydrogens is 297 g/mol. The minimum atomic E-state index is -0.688. The summed E-state index contributed by atoms with van der Waals surface area (Å²) in [5.41, 5.74) is 2.53. The Labute approximate surface area is 114 Å². The van der Waals surface area contributed by atoms with E-state index in [1.807, 2.05) is 13.0 Å². The van der Waals surface area contributed by atoms with Crippen molar-refractivity contribution < 1.29 is 9.50 Å². The van der Waals surface area contributed by atoms with Gasteiger partial charge < -0.3 is 5.11 Å². The van der Waals surface area contributed by atoms with Crippen molar-refractivity contribution in [3.63, 3.8) is 0 Å². The van der Waals surface area contributed by atoms with Crippen molar-refractivity contribution in [3.05, 3.63) is 63.6 Å². The number of aliphatic hydroxyl groups is 1. The topological polar surface area (TPSA) is 33.1 Å². The summed E-state index contributed by atoms with van der Waals surface area (Å²) in [6.07, 6.45) is 1.43. The van der Waals surface area contributed by atoms with Crippen LogP contribution < -0.4 is 0 Å². The first kappa shape index (κ1) is 13.2. The van der Waals surface area contributed by atoms with E-state index in [2.05, 4.69) is 20.9 Å². The van der Waals surface area contributed by atoms with Crippen LogP contribution in [0.25, 0.3) is 0 Å². The quantitative estimate of drug-likeness (QED) is 0.940. The highest BCUT2D eigenvalue weighted by Gasteiger charge is 2.12. The third kappa shape index (κ3) is 3.15. The molecule has 0 amide bonds. The summed E-state index contributed by atoms with van der Waals surface area (Å²) in [5.74, 6) is -0.298. The van der Waals surface area contributed by atoms with E-state index in [0.717, 1.165) is 11.1 Å². The van der Waals surface area contributed by atoms with E-state index < -0.39 is 6.10 Å². The van der Waals surface area contributed by atoms with E-state index in [0.29, 0.717) is 16.6 Å². The van der Waals surface area contributed by atoms with Crippen LogP contribution in [0.4, 0.5) is 4.39 Å². The van der Waals surface area contributed by atoms with E-state index in [-0.39, 0.29) is 5.82 Å². The van der Waals surface area contributed by atoms with Gasteiger partial charge in [0.25, 0.3) is 0 Å². The normalized spacial score (nSPS) is 12.4. The predicted molar refractivity (Wildman–Crippen MR) is 71.7 cm³/mol. The number of hydrogen-bond acceptors (Lipinski definition) is 2. The first-order valence-electron chi connectivity index (χ1n) is 5.61. The number of pyridine rings is 1. The Morgan fingerprint density at radius 1 is 1.33 bits per heavy atom. The van der Waals surface area contributed by atoms with Gasteiger partial charge in [-0.25, -0.2) is 4.39 Å². The standard InChI is InChI=1S/C14H13BrFNO/c1-9-2-5-13(17-8-9)14(18)6-10-3-4-11(16)7-12(10)15/h2-5,7-8,14,18H,6H2,1H3. The maximum atomic E-state index is 12.9. The van der Waals surface area contributed by atoms with Crippen molar-refractivity contribution in [2.45, 2.75) is 19.4 Å². The van der Waals surface area contributed by atoms with Crippen molar-refractivity contribution in [1.29, 1.82) is 0 Å². The third-order valence-electron chi connectivity index (χ3n) is 2.70. The lowest BCUT2D eigenvalue weighted by atomic mass is 10.0. The number of benzene rings is 1. The highest BCUT2D eigenvalue weighted by Crippen LogP contribution is 2.23. The molecule has 1 atom stereocenters. The highest BCUT2D eigenvalue weighted by atomic mass is 79.9. The summed E-state index contributed by atoms with van der Waals surface area (Å²) >= 11 is 3.29. The lowest BCUT2D eigenvalue weighted by Gasteiger charge is -2.11. The Morgan fingerprint density at radius 3 is 2.72 bits per heavy atom. The Kier molecular flexibility index (Phi) is 4.09. The summed E-state index contributed by atoms with van der Waals surface area (Å²) in [4.78, 5) is 4.18. The molecule has 0 aliphatic heterocycles. The fourth-order valence-corrected chi connectivity index (χ4v) is 2.19. The summed E-state index contributed by atoms with van der Waals surface area (Å²) < 4.78 is 13.6. The molecule has 0 saturated carbocycles. The summed E-state index contributed by atoms with van der Waals surface area (Å²) in [5, 5.41) is 10.1. The number of aliphatic hydroxyl groups excluding tert-OH is 1. The Balaban J connectivity index is 2.15. The number of aryl methyl sites for hydroxylation is 1. The molecule has 0 aliphatic carbocycles. The van der Waals surface area contributed by atoms with Gasteiger partial charge in [0.2, 0.25) is 0 Å². The van der Waals surface area contributed by atoms with Crippen molar-refractivity contribution in [3.8, 4) is 0 Å². The number of hydrogen-bond donors (Lipinski definition) is 1. The van der Waals surface area contributed by atoms with Crippen LogP contribution >= 0.6 is 15.9 Å². The van der Waals surface area contributed by atoms with Crippen molar-refractivity contribution in [2.75, 3.05) is 0 Å². The van der Waals surface area contributed by atoms with Crippen molar-refractivity contribution in [2.24, 2.45) is 0 Å². The number of aromatic nitrogens is 1. The smallest absolute Gasteiger partial charge is 0.124 e. The first-order chi connectivity index (χ1) is 8.56. The minimum absolute atomic E-state index is 0.298. The van der Waals surface area contributed by atoms with E-state index in [1.165, 1.54) is 12.1 Å². The summed E-state index contributed by atoms with van der Waals surface area (Å²) in [6, 6.07) is 8.15. The zero-order chi connectivity index (χ0) is 13.1. The van der Waals surface area contributed by atoms with Crippen LogP contribution in [0.1, 0.15) is 22.9 Å². The number of rotatable bonds is 3. The average molecular weight is 310 g/mol. The molecule has 2 nitrogen and oxygen atoms in total. The number of nitrogens with zero attached hydrogens (tertiary/aromatic N) is 1. The molecule has 1 N–H and O–H groups in total. The van der Waals surface area contributed by atoms with Crippen molar-refractivity contribution in [1.82, 2.24) is 4.98 Å². The Hall–Kier alpha value is -1.26. The van der Waals surface area contributed by atoms with Gasteiger partial charge in [0.05, 0.1) is 11.8 Å². The van der Waals surface area contributed by atoms with E-state index in [1.54, 1.807) is 18.3 Å². The fraction of sp³-hybridized carbons (Fsp3) is 0.214. The van der Waals surface area contributed by atoms with Gasteiger partial charge in [0.15, 0.2) is 0 Å². The van der Waals surface area contributed by atoms with Gasteiger partial charge in [-0.05, 0) is 36.2 Å². The molecule has 4 heteroatoms. The van der Waals surface area contributed by atoms with Crippen LogP contribution in [0.5, 0.6) is 0 Å². The molecule has 0 aliphatic rings. The lowest BCUT2D eigenvalue weighted by molar-refractivity contribution is 0.173. The van der Waals surface area contributed by atoms with Crippen LogP contribution in [0.15, 0.2) is 41.0 Å². The minimum Gasteiger partial charge on any atom is -0.386 e. The zero-order valence-electron chi connectivity index (χ0n) is 9.90. The maximum Gasteiger partial charge on any atom is 0.124 e. The van der Waals surface area contributed by atoms with Gasteiger partial charge >= 0.3 is 0 Å². The molecule has 0 fully saturated rings. The maximum absolute atomic E-state index is 12.9. The number of halogens is 2. The molecule has 0 spiro atoms. The molecule has 2 aromatic rings. The Bertz CT molecular complexity index is 542. The lowest BCUT2D eigenvalue weighted by Crippen LogP contribution is -2.04. The molecule has 1 aromatic heterocycles. The molecule has 1 heterocycles. The van der Waals surface area contributed by atoms with Gasteiger partial charge in [-0.15, -0.1) is 0 Å². The van der Waals surface area contributed by atoms with E-state index >= 15 is 0 Å².